The molecule has 0 atom stereocenters. The summed E-state index contributed by atoms with van der Waals surface area (Å²) >= 11 is 34.9. The van der Waals surface area contributed by atoms with E-state index >= 15 is 0 Å². The van der Waals surface area contributed by atoms with Gasteiger partial charge in [0.05, 0.1) is 0 Å². The summed E-state index contributed by atoms with van der Waals surface area (Å²) in [4.78, 5) is 0. The van der Waals surface area contributed by atoms with Crippen molar-refractivity contribution in [2.75, 3.05) is 0 Å². The minimum absolute atomic E-state index is 0.604. The third-order valence-electron chi connectivity index (χ3n) is 1.26. The van der Waals surface area contributed by atoms with Crippen molar-refractivity contribution in [2.45, 2.75) is 9.70 Å². The Bertz CT molecular complexity index is 196. The zero-order valence-corrected chi connectivity index (χ0v) is 22.1. The minimum atomic E-state index is -0.634. The van der Waals surface area contributed by atoms with Crippen LogP contribution in [0.5, 0.6) is 0 Å². The van der Waals surface area contributed by atoms with Gasteiger partial charge in [-0.25, -0.2) is 0 Å². The van der Waals surface area contributed by atoms with Gasteiger partial charge in [-0.3, -0.25) is 0 Å². The van der Waals surface area contributed by atoms with Crippen molar-refractivity contribution in [3.05, 3.63) is 7.47 Å². The van der Waals surface area contributed by atoms with Crippen LogP contribution >= 0.6 is 159 Å². The molecule has 0 amide bonds. The molecule has 0 saturated carbocycles. The number of alkyl halides is 6. The van der Waals surface area contributed by atoms with Crippen LogP contribution in [0.2, 0.25) is 0 Å². The van der Waals surface area contributed by atoms with Gasteiger partial charge in [0.2, 0.25) is 0 Å². The van der Waals surface area contributed by atoms with E-state index in [0.29, 0.717) is 0 Å². The fourth-order valence-corrected chi connectivity index (χ4v) is 6.80. The normalized spacial score (nSPS) is 15.2. The van der Waals surface area contributed by atoms with E-state index < -0.39 is 9.70 Å². The van der Waals surface area contributed by atoms with Gasteiger partial charge >= 0.3 is 0 Å². The van der Waals surface area contributed by atoms with Crippen LogP contribution in [-0.2, 0) is 0 Å². The van der Waals surface area contributed by atoms with E-state index in [9.17, 15) is 0 Å². The van der Waals surface area contributed by atoms with Gasteiger partial charge < -0.3 is 0 Å². The third-order valence-corrected chi connectivity index (χ3v) is 18.5. The Labute approximate surface area is 173 Å². The van der Waals surface area contributed by atoms with Crippen molar-refractivity contribution < 1.29 is 0 Å². The molecule has 0 rings (SSSR count). The highest BCUT2D eigenvalue weighted by atomic mass is 79.9. The highest BCUT2D eigenvalue weighted by Gasteiger charge is 2.62. The summed E-state index contributed by atoms with van der Waals surface area (Å²) in [5, 5.41) is 0. The largest absolute Gasteiger partial charge is 0.135 e. The second kappa shape index (κ2) is 7.18. The van der Waals surface area contributed by atoms with Gasteiger partial charge in [0.1, 0.15) is 17.2 Å². The molecule has 10 heteroatoms. The zero-order chi connectivity index (χ0) is 12.7. The first-order valence-corrected chi connectivity index (χ1v) is 10.8. The van der Waals surface area contributed by atoms with Gasteiger partial charge in [0, 0.05) is 0 Å². The Morgan fingerprint density at radius 2 is 0.733 bits per heavy atom. The van der Waals surface area contributed by atoms with Crippen molar-refractivity contribution in [3.63, 3.8) is 0 Å². The maximum absolute atomic E-state index is 3.59. The summed E-state index contributed by atoms with van der Waals surface area (Å²) in [6.07, 6.45) is 0. The van der Waals surface area contributed by atoms with Crippen LogP contribution in [0.25, 0.3) is 0 Å². The number of halogens is 10. The maximum Gasteiger partial charge on any atom is 0.135 e. The van der Waals surface area contributed by atoms with Crippen LogP contribution in [0, 0.1) is 7.47 Å². The summed E-state index contributed by atoms with van der Waals surface area (Å²) in [5.41, 5.74) is 0. The van der Waals surface area contributed by atoms with Crippen LogP contribution in [0.15, 0.2) is 0 Å². The van der Waals surface area contributed by atoms with Gasteiger partial charge in [-0.1, -0.05) is 159 Å². The Kier molecular flexibility index (Phi) is 9.48. The van der Waals surface area contributed by atoms with E-state index in [1.165, 1.54) is 0 Å². The topological polar surface area (TPSA) is 0 Å². The van der Waals surface area contributed by atoms with Crippen LogP contribution in [0.3, 0.4) is 0 Å². The molecular weight excluding hydrogens is 859 g/mol. The summed E-state index contributed by atoms with van der Waals surface area (Å²) in [6.45, 7) is 0. The molecule has 0 N–H and O–H groups in total. The van der Waals surface area contributed by atoms with E-state index in [1.54, 1.807) is 0 Å². The minimum Gasteiger partial charge on any atom is -0.0675 e. The molecule has 0 spiro atoms. The van der Waals surface area contributed by atoms with Gasteiger partial charge in [0.25, 0.3) is 0 Å². The SMILES string of the molecule is Br[C](Br)C(Br)(Br)C(Br)(Br)C(Br)(Br)[C](Br)Br. The Morgan fingerprint density at radius 3 is 0.867 bits per heavy atom. The summed E-state index contributed by atoms with van der Waals surface area (Å²) < 4.78 is -0.286. The molecule has 0 aromatic rings. The molecule has 0 heterocycles. The van der Waals surface area contributed by atoms with Gasteiger partial charge in [-0.05, 0) is 0 Å². The molecule has 0 fully saturated rings. The van der Waals surface area contributed by atoms with Crippen molar-refractivity contribution in [1.29, 1.82) is 0 Å². The Balaban J connectivity index is 5.30. The average molecular weight is 859 g/mol. The van der Waals surface area contributed by atoms with E-state index in [0.717, 1.165) is 7.47 Å². The van der Waals surface area contributed by atoms with E-state index in [2.05, 4.69) is 159 Å². The van der Waals surface area contributed by atoms with Crippen molar-refractivity contribution in [3.8, 4) is 0 Å². The molecule has 0 aliphatic rings. The highest BCUT2D eigenvalue weighted by molar-refractivity contribution is 9.36. The third kappa shape index (κ3) is 4.38. The summed E-state index contributed by atoms with van der Waals surface area (Å²) in [7, 11) is 0. The lowest BCUT2D eigenvalue weighted by Gasteiger charge is -2.44. The van der Waals surface area contributed by atoms with Crippen LogP contribution in [-0.4, -0.2) is 9.70 Å². The zero-order valence-electron chi connectivity index (χ0n) is 6.28. The predicted molar refractivity (Wildman–Crippen MR) is 104 cm³/mol. The molecule has 90 valence electrons. The maximum atomic E-state index is 3.59. The molecule has 0 aliphatic carbocycles. The number of hydrogen-bond donors (Lipinski definition) is 0. The molecule has 0 aliphatic heterocycles. The summed E-state index contributed by atoms with van der Waals surface area (Å²) in [5.74, 6) is 0. The van der Waals surface area contributed by atoms with Crippen LogP contribution < -0.4 is 0 Å². The van der Waals surface area contributed by atoms with Gasteiger partial charge in [0.15, 0.2) is 0 Å². The lowest BCUT2D eigenvalue weighted by molar-refractivity contribution is 0.823. The van der Waals surface area contributed by atoms with E-state index in [1.807, 2.05) is 0 Å². The molecule has 0 unspecified atom stereocenters. The number of rotatable bonds is 4. The quantitative estimate of drug-likeness (QED) is 0.252. The van der Waals surface area contributed by atoms with E-state index in [4.69, 9.17) is 0 Å². The fourth-order valence-electron chi connectivity index (χ4n) is 0.435. The molecule has 2 radical (unpaired) electrons. The average Bonchev–Trinajstić information content (AvgIpc) is 2.02. The molecule has 0 bridgehead atoms. The molecule has 0 saturated heterocycles. The standard InChI is InChI=1S/C5Br10/c6-1(7)3(10,11)5(14,15)4(12,13)2(8)9. The summed E-state index contributed by atoms with van der Waals surface area (Å²) in [6, 6.07) is 0. The Hall–Kier alpha value is 4.80. The number of hydrogen-bond acceptors (Lipinski definition) is 0. The highest BCUT2D eigenvalue weighted by Crippen LogP contribution is 2.68. The van der Waals surface area contributed by atoms with Crippen molar-refractivity contribution >= 4 is 159 Å². The van der Waals surface area contributed by atoms with Gasteiger partial charge in [-0.2, -0.15) is 0 Å². The smallest absolute Gasteiger partial charge is 0.0675 e. The molecule has 15 heavy (non-hydrogen) atoms. The van der Waals surface area contributed by atoms with Crippen LogP contribution in [0.1, 0.15) is 0 Å². The first-order chi connectivity index (χ1) is 6.39. The molecular formula is C5Br10. The Morgan fingerprint density at radius 1 is 0.533 bits per heavy atom. The fraction of sp³-hybridized carbons (Fsp3) is 0.600. The molecule has 0 aromatic heterocycles. The predicted octanol–water partition coefficient (Wildman–Crippen LogP) is 8.00. The van der Waals surface area contributed by atoms with Crippen LogP contribution in [0.4, 0.5) is 0 Å². The molecule has 0 nitrogen and oxygen atoms in total. The monoisotopic (exact) mass is 849 g/mol. The van der Waals surface area contributed by atoms with E-state index in [-0.39, 0.29) is 0 Å². The first-order valence-electron chi connectivity index (χ1n) is 2.89. The second-order valence-electron chi connectivity index (χ2n) is 2.24. The van der Waals surface area contributed by atoms with Crippen molar-refractivity contribution in [1.82, 2.24) is 0 Å². The second-order valence-corrected chi connectivity index (χ2v) is 17.9. The lowest BCUT2D eigenvalue weighted by Crippen LogP contribution is -2.49. The lowest BCUT2D eigenvalue weighted by atomic mass is 10.3. The first kappa shape index (κ1) is 19.8. The van der Waals surface area contributed by atoms with Gasteiger partial charge in [-0.15, -0.1) is 0 Å². The molecule has 0 aromatic carbocycles. The van der Waals surface area contributed by atoms with Crippen molar-refractivity contribution in [2.24, 2.45) is 0 Å².